The molecule has 0 N–H and O–H groups in total. The van der Waals surface area contributed by atoms with Crippen molar-refractivity contribution in [1.82, 2.24) is 0 Å². The average Bonchev–Trinajstić information content (AvgIpc) is 3.41. The molecule has 0 aliphatic carbocycles. The van der Waals surface area contributed by atoms with Crippen molar-refractivity contribution < 1.29 is 19.1 Å². The lowest BCUT2D eigenvalue weighted by molar-refractivity contribution is 0.0224. The Kier molecular flexibility index (Phi) is 8.49. The first-order valence-electron chi connectivity index (χ1n) is 17.0. The zero-order chi connectivity index (χ0) is 33.3. The van der Waals surface area contributed by atoms with Gasteiger partial charge >= 0.3 is 5.97 Å². The molecule has 1 amide bonds. The van der Waals surface area contributed by atoms with Gasteiger partial charge in [-0.15, -0.1) is 0 Å². The molecule has 0 saturated carbocycles. The number of rotatable bonds is 10. The van der Waals surface area contributed by atoms with E-state index in [0.717, 1.165) is 66.8 Å². The molecule has 6 heteroatoms. The molecule has 1 unspecified atom stereocenters. The van der Waals surface area contributed by atoms with Crippen LogP contribution in [0.15, 0.2) is 115 Å². The Labute approximate surface area is 282 Å². The van der Waals surface area contributed by atoms with Gasteiger partial charge in [-0.25, -0.2) is 4.79 Å². The second-order valence-corrected chi connectivity index (χ2v) is 12.6. The second-order valence-electron chi connectivity index (χ2n) is 12.6. The Balaban J connectivity index is 1.43. The van der Waals surface area contributed by atoms with Crippen molar-refractivity contribution in [1.29, 1.82) is 0 Å². The van der Waals surface area contributed by atoms with Crippen LogP contribution in [-0.2, 0) is 10.3 Å². The highest BCUT2D eigenvalue weighted by atomic mass is 16.6. The van der Waals surface area contributed by atoms with E-state index in [0.29, 0.717) is 33.9 Å². The highest BCUT2D eigenvalue weighted by Crippen LogP contribution is 2.57. The van der Waals surface area contributed by atoms with Crippen molar-refractivity contribution in [2.75, 3.05) is 22.9 Å². The van der Waals surface area contributed by atoms with E-state index in [9.17, 15) is 9.59 Å². The number of nitrogens with zero attached hydrogens (tertiary/aromatic N) is 2. The summed E-state index contributed by atoms with van der Waals surface area (Å²) in [7, 11) is 0. The molecule has 0 saturated heterocycles. The van der Waals surface area contributed by atoms with Crippen molar-refractivity contribution >= 4 is 28.9 Å². The van der Waals surface area contributed by atoms with E-state index in [-0.39, 0.29) is 11.9 Å². The normalized spacial score (nSPS) is 15.6. The largest absolute Gasteiger partial charge is 0.456 e. The smallest absolute Gasteiger partial charge is 0.340 e. The van der Waals surface area contributed by atoms with Crippen LogP contribution in [0.2, 0.25) is 0 Å². The maximum atomic E-state index is 14.3. The number of benzene rings is 5. The van der Waals surface area contributed by atoms with Gasteiger partial charge in [0.1, 0.15) is 11.5 Å². The molecule has 2 aliphatic heterocycles. The minimum Gasteiger partial charge on any atom is -0.456 e. The Hall–Kier alpha value is -5.36. The number of ether oxygens (including phenoxy) is 2. The molecular formula is C42H40N2O4. The Bertz CT molecular complexity index is 1970. The van der Waals surface area contributed by atoms with Gasteiger partial charge in [0.05, 0.1) is 11.3 Å². The third-order valence-electron chi connectivity index (χ3n) is 9.42. The third-order valence-corrected chi connectivity index (χ3v) is 9.42. The quantitative estimate of drug-likeness (QED) is 0.143. The summed E-state index contributed by atoms with van der Waals surface area (Å²) in [6, 6.07) is 36.7. The predicted molar refractivity (Wildman–Crippen MR) is 191 cm³/mol. The maximum Gasteiger partial charge on any atom is 0.340 e. The summed E-state index contributed by atoms with van der Waals surface area (Å²) < 4.78 is 13.3. The maximum absolute atomic E-state index is 14.3. The zero-order valence-corrected chi connectivity index (χ0v) is 27.7. The minimum absolute atomic E-state index is 0.163. The summed E-state index contributed by atoms with van der Waals surface area (Å²) >= 11 is 0. The number of hydrogen-bond acceptors (Lipinski definition) is 5. The van der Waals surface area contributed by atoms with Gasteiger partial charge in [0.15, 0.2) is 5.60 Å². The lowest BCUT2D eigenvalue weighted by Crippen LogP contribution is -2.34. The molecular weight excluding hydrogens is 596 g/mol. The van der Waals surface area contributed by atoms with E-state index < -0.39 is 5.60 Å². The SMILES string of the molecule is CCCCN(CCCC)c1ccc2c(c1)Oc1cc(C)c(N(C(=O)c3ccccc3)c3ccccc3)cc1C21OC(=O)c2ccccc21. The molecule has 1 atom stereocenters. The first-order chi connectivity index (χ1) is 23.5. The van der Waals surface area contributed by atoms with E-state index in [1.54, 1.807) is 4.90 Å². The molecule has 5 aromatic rings. The lowest BCUT2D eigenvalue weighted by atomic mass is 9.77. The number of para-hydroxylation sites is 1. The number of carbonyl (C=O) groups is 2. The van der Waals surface area contributed by atoms with Gasteiger partial charge in [-0.1, -0.05) is 81.3 Å². The number of esters is 1. The van der Waals surface area contributed by atoms with E-state index >= 15 is 0 Å². The van der Waals surface area contributed by atoms with Gasteiger partial charge < -0.3 is 14.4 Å². The van der Waals surface area contributed by atoms with Crippen LogP contribution in [0.5, 0.6) is 11.5 Å². The fraction of sp³-hybridized carbons (Fsp3) is 0.238. The number of amides is 1. The monoisotopic (exact) mass is 636 g/mol. The van der Waals surface area contributed by atoms with Crippen molar-refractivity contribution in [2.24, 2.45) is 0 Å². The number of hydrogen-bond donors (Lipinski definition) is 0. The second kappa shape index (κ2) is 13.0. The fourth-order valence-corrected chi connectivity index (χ4v) is 6.95. The van der Waals surface area contributed by atoms with Crippen molar-refractivity contribution in [2.45, 2.75) is 52.1 Å². The molecule has 2 heterocycles. The average molecular weight is 637 g/mol. The van der Waals surface area contributed by atoms with Crippen molar-refractivity contribution in [3.05, 3.63) is 149 Å². The van der Waals surface area contributed by atoms with Crippen molar-refractivity contribution in [3.63, 3.8) is 0 Å². The number of carbonyl (C=O) groups excluding carboxylic acids is 2. The van der Waals surface area contributed by atoms with Crippen LogP contribution in [-0.4, -0.2) is 25.0 Å². The van der Waals surface area contributed by atoms with Crippen molar-refractivity contribution in [3.8, 4) is 11.5 Å². The van der Waals surface area contributed by atoms with Crippen LogP contribution in [0.25, 0.3) is 0 Å². The van der Waals surface area contributed by atoms with E-state index in [1.807, 2.05) is 104 Å². The molecule has 48 heavy (non-hydrogen) atoms. The van der Waals surface area contributed by atoms with E-state index in [1.165, 1.54) is 0 Å². The predicted octanol–water partition coefficient (Wildman–Crippen LogP) is 9.95. The van der Waals surface area contributed by atoms with Crippen LogP contribution in [0, 0.1) is 6.92 Å². The molecule has 5 aromatic carbocycles. The number of anilines is 3. The summed E-state index contributed by atoms with van der Waals surface area (Å²) in [5.41, 5.74) is 5.38. The molecule has 7 rings (SSSR count). The van der Waals surface area contributed by atoms with Gasteiger partial charge in [0.25, 0.3) is 5.91 Å². The van der Waals surface area contributed by atoms with Gasteiger partial charge in [0, 0.05) is 52.8 Å². The van der Waals surface area contributed by atoms with Crippen LogP contribution >= 0.6 is 0 Å². The van der Waals surface area contributed by atoms with Gasteiger partial charge in [-0.2, -0.15) is 0 Å². The molecule has 2 aliphatic rings. The Morgan fingerprint density at radius 3 is 2.04 bits per heavy atom. The standard InChI is InChI=1S/C42H40N2O4/c1-4-6-24-43(25-7-5-2)32-22-23-35-39(27-32)47-38-26-29(3)37(28-36(38)42(35)34-21-15-14-20-33(34)41(46)48-42)44(31-18-12-9-13-19-31)40(45)30-16-10-8-11-17-30/h8-23,26-28H,4-7,24-25H2,1-3H3. The summed E-state index contributed by atoms with van der Waals surface area (Å²) in [5.74, 6) is 0.710. The molecule has 0 fully saturated rings. The molecule has 0 radical (unpaired) electrons. The van der Waals surface area contributed by atoms with Crippen LogP contribution in [0.4, 0.5) is 17.1 Å². The summed E-state index contributed by atoms with van der Waals surface area (Å²) in [5, 5.41) is 0. The van der Waals surface area contributed by atoms with Gasteiger partial charge in [-0.3, -0.25) is 9.69 Å². The topological polar surface area (TPSA) is 59.1 Å². The number of fused-ring (bicyclic) bond motifs is 6. The third kappa shape index (κ3) is 5.31. The summed E-state index contributed by atoms with van der Waals surface area (Å²) in [6.07, 6.45) is 4.42. The Morgan fingerprint density at radius 1 is 0.688 bits per heavy atom. The highest BCUT2D eigenvalue weighted by molar-refractivity contribution is 6.11. The Morgan fingerprint density at radius 2 is 1.33 bits per heavy atom. The zero-order valence-electron chi connectivity index (χ0n) is 27.7. The first kappa shape index (κ1) is 31.3. The van der Waals surface area contributed by atoms with Gasteiger partial charge in [0.2, 0.25) is 0 Å². The summed E-state index contributed by atoms with van der Waals surface area (Å²) in [4.78, 5) is 32.1. The summed E-state index contributed by atoms with van der Waals surface area (Å²) in [6.45, 7) is 8.33. The van der Waals surface area contributed by atoms with E-state index in [2.05, 4.69) is 36.9 Å². The van der Waals surface area contributed by atoms with E-state index in [4.69, 9.17) is 9.47 Å². The highest BCUT2D eigenvalue weighted by Gasteiger charge is 2.54. The van der Waals surface area contributed by atoms with Crippen LogP contribution in [0.1, 0.15) is 82.5 Å². The van der Waals surface area contributed by atoms with Crippen LogP contribution < -0.4 is 14.5 Å². The molecule has 6 nitrogen and oxygen atoms in total. The molecule has 242 valence electrons. The number of unbranched alkanes of at least 4 members (excludes halogenated alkanes) is 2. The molecule has 0 bridgehead atoms. The molecule has 0 aromatic heterocycles. The minimum atomic E-state index is -1.26. The van der Waals surface area contributed by atoms with Crippen LogP contribution in [0.3, 0.4) is 0 Å². The lowest BCUT2D eigenvalue weighted by Gasteiger charge is -2.38. The first-order valence-corrected chi connectivity index (χ1v) is 17.0. The van der Waals surface area contributed by atoms with Gasteiger partial charge in [-0.05, 0) is 79.9 Å². The number of aryl methyl sites for hydroxylation is 1. The fourth-order valence-electron chi connectivity index (χ4n) is 6.95. The molecule has 1 spiro atoms.